The van der Waals surface area contributed by atoms with Gasteiger partial charge in [-0.15, -0.1) is 0 Å². The summed E-state index contributed by atoms with van der Waals surface area (Å²) in [5.41, 5.74) is 2.23. The molecule has 7 heteroatoms. The van der Waals surface area contributed by atoms with Gasteiger partial charge in [-0.05, 0) is 61.3 Å². The van der Waals surface area contributed by atoms with Crippen LogP contribution in [0.15, 0.2) is 23.1 Å². The minimum absolute atomic E-state index is 0.0822. The van der Waals surface area contributed by atoms with Crippen molar-refractivity contribution in [1.82, 2.24) is 4.72 Å². The van der Waals surface area contributed by atoms with Gasteiger partial charge in [-0.25, -0.2) is 8.42 Å². The maximum Gasteiger partial charge on any atom is 0.321 e. The number of rotatable bonds is 6. The van der Waals surface area contributed by atoms with E-state index in [0.717, 1.165) is 31.2 Å². The smallest absolute Gasteiger partial charge is 0.321 e. The second-order valence-corrected chi connectivity index (χ2v) is 7.98. The molecule has 2 unspecified atom stereocenters. The molecule has 1 fully saturated rings. The average molecular weight is 339 g/mol. The number of nitrogens with one attached hydrogen (secondary N) is 1. The lowest BCUT2D eigenvalue weighted by molar-refractivity contribution is -0.139. The largest absolute Gasteiger partial charge is 0.480 e. The molecule has 1 aliphatic heterocycles. The first-order valence-corrected chi connectivity index (χ1v) is 9.39. The molecule has 1 aromatic carbocycles. The molecule has 2 aliphatic rings. The van der Waals surface area contributed by atoms with Crippen molar-refractivity contribution in [3.8, 4) is 0 Å². The van der Waals surface area contributed by atoms with Crippen molar-refractivity contribution in [3.05, 3.63) is 29.3 Å². The first-order chi connectivity index (χ1) is 11.0. The summed E-state index contributed by atoms with van der Waals surface area (Å²) in [6.45, 7) is 1.10. The van der Waals surface area contributed by atoms with E-state index in [9.17, 15) is 18.3 Å². The van der Waals surface area contributed by atoms with Crippen LogP contribution in [0.2, 0.25) is 0 Å². The number of ether oxygens (including phenoxy) is 1. The minimum Gasteiger partial charge on any atom is -0.480 e. The Morgan fingerprint density at radius 2 is 2.13 bits per heavy atom. The number of hydrogen-bond donors (Lipinski definition) is 2. The number of carbonyl (C=O) groups is 1. The molecule has 3 rings (SSSR count). The van der Waals surface area contributed by atoms with Crippen LogP contribution in [0.25, 0.3) is 0 Å². The number of carboxylic acid groups (broad SMARTS) is 1. The van der Waals surface area contributed by atoms with Crippen LogP contribution in [0.3, 0.4) is 0 Å². The molecular formula is C16H21NO5S. The van der Waals surface area contributed by atoms with Gasteiger partial charge in [0.2, 0.25) is 10.0 Å². The summed E-state index contributed by atoms with van der Waals surface area (Å²) >= 11 is 0. The molecule has 1 saturated heterocycles. The molecule has 0 spiro atoms. The first-order valence-electron chi connectivity index (χ1n) is 7.90. The minimum atomic E-state index is -3.84. The summed E-state index contributed by atoms with van der Waals surface area (Å²) in [6.07, 6.45) is 3.90. The highest BCUT2D eigenvalue weighted by atomic mass is 32.2. The molecule has 0 bridgehead atoms. The highest BCUT2D eigenvalue weighted by molar-refractivity contribution is 7.89. The van der Waals surface area contributed by atoms with Crippen molar-refractivity contribution in [2.24, 2.45) is 5.92 Å². The van der Waals surface area contributed by atoms with Gasteiger partial charge in [-0.1, -0.05) is 6.07 Å². The number of aryl methyl sites for hydroxylation is 2. The topological polar surface area (TPSA) is 92.7 Å². The summed E-state index contributed by atoms with van der Waals surface area (Å²) in [5.74, 6) is -1.07. The highest BCUT2D eigenvalue weighted by Gasteiger charge is 2.30. The van der Waals surface area contributed by atoms with E-state index in [1.165, 1.54) is 5.56 Å². The summed E-state index contributed by atoms with van der Waals surface area (Å²) < 4.78 is 32.6. The predicted octanol–water partition coefficient (Wildman–Crippen LogP) is 1.33. The van der Waals surface area contributed by atoms with Crippen molar-refractivity contribution in [1.29, 1.82) is 0 Å². The van der Waals surface area contributed by atoms with Crippen LogP contribution in [-0.2, 0) is 32.4 Å². The fourth-order valence-electron chi connectivity index (χ4n) is 3.27. The lowest BCUT2D eigenvalue weighted by Gasteiger charge is -2.18. The van der Waals surface area contributed by atoms with Crippen molar-refractivity contribution in [2.75, 3.05) is 13.2 Å². The van der Waals surface area contributed by atoms with Gasteiger partial charge in [0, 0.05) is 13.2 Å². The van der Waals surface area contributed by atoms with Gasteiger partial charge < -0.3 is 9.84 Å². The predicted molar refractivity (Wildman–Crippen MR) is 83.8 cm³/mol. The van der Waals surface area contributed by atoms with E-state index in [-0.39, 0.29) is 17.2 Å². The lowest BCUT2D eigenvalue weighted by atomic mass is 10.00. The van der Waals surface area contributed by atoms with E-state index in [1.807, 2.05) is 6.07 Å². The van der Waals surface area contributed by atoms with Gasteiger partial charge in [-0.2, -0.15) is 4.72 Å². The summed E-state index contributed by atoms with van der Waals surface area (Å²) in [4.78, 5) is 11.6. The molecule has 1 aromatic rings. The normalized spacial score (nSPS) is 22.0. The Labute approximate surface area is 135 Å². The molecular weight excluding hydrogens is 318 g/mol. The van der Waals surface area contributed by atoms with E-state index in [1.54, 1.807) is 12.1 Å². The van der Waals surface area contributed by atoms with Gasteiger partial charge in [0.25, 0.3) is 0 Å². The Hall–Kier alpha value is -1.44. The molecule has 2 N–H and O–H groups in total. The van der Waals surface area contributed by atoms with Crippen molar-refractivity contribution in [3.63, 3.8) is 0 Å². The monoisotopic (exact) mass is 339 g/mol. The zero-order valence-corrected chi connectivity index (χ0v) is 13.6. The lowest BCUT2D eigenvalue weighted by Crippen LogP contribution is -2.42. The van der Waals surface area contributed by atoms with Crippen LogP contribution >= 0.6 is 0 Å². The number of carboxylic acids is 1. The third-order valence-electron chi connectivity index (χ3n) is 4.57. The molecule has 23 heavy (non-hydrogen) atoms. The molecule has 0 saturated carbocycles. The fraction of sp³-hybridized carbons (Fsp3) is 0.562. The molecule has 2 atom stereocenters. The fourth-order valence-corrected chi connectivity index (χ4v) is 4.52. The van der Waals surface area contributed by atoms with E-state index >= 15 is 0 Å². The van der Waals surface area contributed by atoms with Gasteiger partial charge in [0.15, 0.2) is 0 Å². The van der Waals surface area contributed by atoms with E-state index in [2.05, 4.69) is 4.72 Å². The third-order valence-corrected chi connectivity index (χ3v) is 6.04. The average Bonchev–Trinajstić information content (AvgIpc) is 3.16. The van der Waals surface area contributed by atoms with Gasteiger partial charge in [0.05, 0.1) is 4.90 Å². The number of sulfonamides is 1. The summed E-state index contributed by atoms with van der Waals surface area (Å²) in [5, 5.41) is 9.33. The summed E-state index contributed by atoms with van der Waals surface area (Å²) in [7, 11) is -3.84. The van der Waals surface area contributed by atoms with E-state index < -0.39 is 22.0 Å². The maximum atomic E-state index is 12.5. The van der Waals surface area contributed by atoms with Crippen LogP contribution in [0.1, 0.15) is 30.4 Å². The van der Waals surface area contributed by atoms with Crippen LogP contribution in [0.5, 0.6) is 0 Å². The zero-order valence-electron chi connectivity index (χ0n) is 12.8. The van der Waals surface area contributed by atoms with Crippen LogP contribution in [0.4, 0.5) is 0 Å². The Bertz CT molecular complexity index is 694. The molecule has 0 aromatic heterocycles. The Morgan fingerprint density at radius 1 is 1.35 bits per heavy atom. The first kappa shape index (κ1) is 16.4. The van der Waals surface area contributed by atoms with Crippen molar-refractivity contribution < 1.29 is 23.1 Å². The van der Waals surface area contributed by atoms with Crippen molar-refractivity contribution >= 4 is 16.0 Å². The Morgan fingerprint density at radius 3 is 2.83 bits per heavy atom. The third kappa shape index (κ3) is 3.73. The van der Waals surface area contributed by atoms with Gasteiger partial charge in [-0.3, -0.25) is 4.79 Å². The molecule has 6 nitrogen and oxygen atoms in total. The van der Waals surface area contributed by atoms with Crippen LogP contribution < -0.4 is 4.72 Å². The maximum absolute atomic E-state index is 12.5. The SMILES string of the molecule is O=C(O)C(CC1CCOC1)NS(=O)(=O)c1ccc2c(c1)CCC2. The van der Waals surface area contributed by atoms with Crippen molar-refractivity contribution in [2.45, 2.75) is 43.0 Å². The van der Waals surface area contributed by atoms with Gasteiger partial charge in [0.1, 0.15) is 6.04 Å². The van der Waals surface area contributed by atoms with Crippen LogP contribution in [-0.4, -0.2) is 38.7 Å². The number of hydrogen-bond acceptors (Lipinski definition) is 4. The molecule has 126 valence electrons. The van der Waals surface area contributed by atoms with E-state index in [0.29, 0.717) is 13.2 Å². The number of fused-ring (bicyclic) bond motifs is 1. The molecule has 1 heterocycles. The van der Waals surface area contributed by atoms with Crippen LogP contribution in [0, 0.1) is 5.92 Å². The molecule has 0 amide bonds. The molecule has 1 aliphatic carbocycles. The van der Waals surface area contributed by atoms with Gasteiger partial charge >= 0.3 is 5.97 Å². The Balaban J connectivity index is 1.76. The second kappa shape index (κ2) is 6.59. The number of aliphatic carboxylic acids is 1. The van der Waals surface area contributed by atoms with E-state index in [4.69, 9.17) is 4.74 Å². The quantitative estimate of drug-likeness (QED) is 0.816. The second-order valence-electron chi connectivity index (χ2n) is 6.26. The summed E-state index contributed by atoms with van der Waals surface area (Å²) in [6, 6.07) is 3.93. The zero-order chi connectivity index (χ0) is 16.4. The number of benzene rings is 1. The standard InChI is InChI=1S/C16H21NO5S/c18-16(19)15(8-11-6-7-22-10-11)17-23(20,21)14-5-4-12-2-1-3-13(12)9-14/h4-5,9,11,15,17H,1-3,6-8,10H2,(H,18,19). The Kier molecular flexibility index (Phi) is 4.70. The molecule has 0 radical (unpaired) electrons. The highest BCUT2D eigenvalue weighted by Crippen LogP contribution is 2.25.